The van der Waals surface area contributed by atoms with Crippen LogP contribution in [0.15, 0.2) is 127 Å². The van der Waals surface area contributed by atoms with Crippen molar-refractivity contribution in [2.75, 3.05) is 0 Å². The molecular formula is C41H41OP. The molecule has 5 aromatic rings. The largest absolute Gasteiger partial charge is 0.300 e. The van der Waals surface area contributed by atoms with Gasteiger partial charge in [-0.05, 0) is 61.6 Å². The molecule has 1 aliphatic rings. The van der Waals surface area contributed by atoms with Gasteiger partial charge in [0.15, 0.2) is 0 Å². The Kier molecular flexibility index (Phi) is 8.73. The van der Waals surface area contributed by atoms with Crippen LogP contribution in [0.2, 0.25) is 0 Å². The van der Waals surface area contributed by atoms with Crippen LogP contribution in [0.1, 0.15) is 85.9 Å². The van der Waals surface area contributed by atoms with Crippen LogP contribution in [0, 0.1) is 0 Å². The minimum absolute atomic E-state index is 0.139. The van der Waals surface area contributed by atoms with Crippen molar-refractivity contribution in [1.29, 1.82) is 0 Å². The monoisotopic (exact) mass is 580 g/mol. The van der Waals surface area contributed by atoms with E-state index in [1.807, 2.05) is 0 Å². The van der Waals surface area contributed by atoms with Crippen molar-refractivity contribution >= 4 is 19.0 Å². The highest BCUT2D eigenvalue weighted by Crippen LogP contribution is 2.68. The molecule has 5 aromatic carbocycles. The number of benzene rings is 5. The average Bonchev–Trinajstić information content (AvgIpc) is 3.05. The fraction of sp³-hybridized carbons (Fsp3) is 0.244. The predicted octanol–water partition coefficient (Wildman–Crippen LogP) is 11.2. The zero-order valence-corrected chi connectivity index (χ0v) is 26.6. The van der Waals surface area contributed by atoms with E-state index in [-0.39, 0.29) is 11.3 Å². The second-order valence-corrected chi connectivity index (χ2v) is 14.9. The number of hydrogen-bond acceptors (Lipinski definition) is 1. The first kappa shape index (κ1) is 29.3. The van der Waals surface area contributed by atoms with Gasteiger partial charge >= 0.3 is 0 Å². The first-order valence-corrected chi connectivity index (χ1v) is 17.1. The Balaban J connectivity index is 1.72. The van der Waals surface area contributed by atoms with Gasteiger partial charge in [0.25, 0.3) is 0 Å². The predicted molar refractivity (Wildman–Crippen MR) is 185 cm³/mol. The molecule has 2 heteroatoms. The highest BCUT2D eigenvalue weighted by atomic mass is 31.1. The van der Waals surface area contributed by atoms with Gasteiger partial charge in [-0.25, -0.2) is 0 Å². The van der Waals surface area contributed by atoms with Crippen LogP contribution >= 0.6 is 7.92 Å². The third-order valence-electron chi connectivity index (χ3n) is 8.92. The number of Topliss-reactive ketones (excluding diaryl/α,β-unsaturated/α-hetero) is 1. The summed E-state index contributed by atoms with van der Waals surface area (Å²) in [6.07, 6.45) is 1.18. The number of carbonyl (C=O) groups excluding carboxylic acids is 1. The van der Waals surface area contributed by atoms with Gasteiger partial charge in [-0.1, -0.05) is 163 Å². The lowest BCUT2D eigenvalue weighted by atomic mass is 9.88. The van der Waals surface area contributed by atoms with Crippen molar-refractivity contribution in [2.24, 2.45) is 0 Å². The minimum atomic E-state index is -0.846. The van der Waals surface area contributed by atoms with Crippen LogP contribution < -0.4 is 5.30 Å². The number of hydrogen-bond donors (Lipinski definition) is 0. The molecule has 216 valence electrons. The van der Waals surface area contributed by atoms with Gasteiger partial charge in [0.05, 0.1) is 0 Å². The third kappa shape index (κ3) is 5.89. The SMILES string of the molecule is CC(C)c1ccccc1-c1cccc(-c2ccccc2C(C)C)c1P1C(c2ccccc2)CC(=O)CC1c1ccccc1. The molecule has 0 amide bonds. The Bertz CT molecular complexity index is 1580. The van der Waals surface area contributed by atoms with Gasteiger partial charge in [0.1, 0.15) is 5.78 Å². The van der Waals surface area contributed by atoms with Crippen molar-refractivity contribution in [2.45, 2.75) is 63.7 Å². The maximum atomic E-state index is 13.6. The Morgan fingerprint density at radius 2 is 0.860 bits per heavy atom. The highest BCUT2D eigenvalue weighted by Gasteiger charge is 2.41. The van der Waals surface area contributed by atoms with Crippen molar-refractivity contribution in [3.63, 3.8) is 0 Å². The van der Waals surface area contributed by atoms with Gasteiger partial charge in [0, 0.05) is 24.2 Å². The molecule has 0 aliphatic carbocycles. The molecule has 0 N–H and O–H groups in total. The van der Waals surface area contributed by atoms with Crippen LogP contribution in [0.25, 0.3) is 22.3 Å². The van der Waals surface area contributed by atoms with Gasteiger partial charge in [0.2, 0.25) is 0 Å². The minimum Gasteiger partial charge on any atom is -0.300 e. The molecule has 1 nitrogen and oxygen atoms in total. The molecule has 0 bridgehead atoms. The molecule has 0 saturated carbocycles. The van der Waals surface area contributed by atoms with Gasteiger partial charge in [-0.2, -0.15) is 0 Å². The summed E-state index contributed by atoms with van der Waals surface area (Å²) in [5.74, 6) is 1.16. The summed E-state index contributed by atoms with van der Waals surface area (Å²) < 4.78 is 0. The van der Waals surface area contributed by atoms with E-state index in [1.165, 1.54) is 49.8 Å². The molecule has 1 heterocycles. The summed E-state index contributed by atoms with van der Waals surface area (Å²) in [6, 6.07) is 46.5. The van der Waals surface area contributed by atoms with Crippen molar-refractivity contribution in [3.8, 4) is 22.3 Å². The molecular weight excluding hydrogens is 539 g/mol. The second-order valence-electron chi connectivity index (χ2n) is 12.4. The number of rotatable bonds is 7. The molecule has 1 fully saturated rings. The molecule has 1 saturated heterocycles. The second kappa shape index (κ2) is 12.8. The lowest BCUT2D eigenvalue weighted by molar-refractivity contribution is -0.119. The van der Waals surface area contributed by atoms with Gasteiger partial charge in [-0.3, -0.25) is 4.79 Å². The lowest BCUT2D eigenvalue weighted by Crippen LogP contribution is -2.26. The van der Waals surface area contributed by atoms with Crippen LogP contribution in [0.5, 0.6) is 0 Å². The molecule has 2 unspecified atom stereocenters. The zero-order valence-electron chi connectivity index (χ0n) is 25.7. The van der Waals surface area contributed by atoms with Crippen molar-refractivity contribution < 1.29 is 4.79 Å². The third-order valence-corrected chi connectivity index (χ3v) is 12.2. The van der Waals surface area contributed by atoms with E-state index in [9.17, 15) is 4.79 Å². The van der Waals surface area contributed by atoms with Crippen molar-refractivity contribution in [1.82, 2.24) is 0 Å². The van der Waals surface area contributed by atoms with E-state index in [1.54, 1.807) is 0 Å². The summed E-state index contributed by atoms with van der Waals surface area (Å²) in [4.78, 5) is 13.6. The molecule has 2 atom stereocenters. The Morgan fingerprint density at radius 3 is 1.28 bits per heavy atom. The number of ketones is 1. The molecule has 1 aliphatic heterocycles. The quantitative estimate of drug-likeness (QED) is 0.175. The topological polar surface area (TPSA) is 17.1 Å². The fourth-order valence-corrected chi connectivity index (χ4v) is 10.7. The van der Waals surface area contributed by atoms with E-state index in [0.29, 0.717) is 30.5 Å². The molecule has 0 spiro atoms. The summed E-state index contributed by atoms with van der Waals surface area (Å²) >= 11 is 0. The molecule has 43 heavy (non-hydrogen) atoms. The first-order valence-electron chi connectivity index (χ1n) is 15.7. The van der Waals surface area contributed by atoms with Crippen LogP contribution in [0.3, 0.4) is 0 Å². The molecule has 0 aromatic heterocycles. The smallest absolute Gasteiger partial charge is 0.134 e. The van der Waals surface area contributed by atoms with E-state index >= 15 is 0 Å². The van der Waals surface area contributed by atoms with Crippen LogP contribution in [-0.2, 0) is 4.79 Å². The Hall–Kier alpha value is -3.80. The van der Waals surface area contributed by atoms with E-state index in [4.69, 9.17) is 0 Å². The van der Waals surface area contributed by atoms with Crippen LogP contribution in [-0.4, -0.2) is 5.78 Å². The lowest BCUT2D eigenvalue weighted by Gasteiger charge is -2.41. The standard InChI is InChI=1S/C41H41OP/c1-28(2)33-20-11-13-22-35(33)37-24-15-25-38(36-23-14-12-21-34(36)29(3)4)41(37)43-39(30-16-7-5-8-17-30)26-32(42)27-40(43)31-18-9-6-10-19-31/h5-25,28-29,39-40H,26-27H2,1-4H3. The zero-order chi connectivity index (χ0) is 29.9. The van der Waals surface area contributed by atoms with E-state index in [0.717, 1.165) is 0 Å². The molecule has 6 rings (SSSR count). The van der Waals surface area contributed by atoms with Gasteiger partial charge in [-0.15, -0.1) is 0 Å². The molecule has 0 radical (unpaired) electrons. The summed E-state index contributed by atoms with van der Waals surface area (Å²) in [5.41, 5.74) is 10.8. The fourth-order valence-electron chi connectivity index (χ4n) is 6.90. The summed E-state index contributed by atoms with van der Waals surface area (Å²) in [5, 5.41) is 1.44. The maximum absolute atomic E-state index is 13.6. The average molecular weight is 581 g/mol. The van der Waals surface area contributed by atoms with E-state index < -0.39 is 7.92 Å². The van der Waals surface area contributed by atoms with Crippen molar-refractivity contribution in [3.05, 3.63) is 150 Å². The van der Waals surface area contributed by atoms with Gasteiger partial charge < -0.3 is 0 Å². The first-order chi connectivity index (χ1) is 20.9. The maximum Gasteiger partial charge on any atom is 0.134 e. The Morgan fingerprint density at radius 1 is 0.488 bits per heavy atom. The highest BCUT2D eigenvalue weighted by molar-refractivity contribution is 7.67. The summed E-state index contributed by atoms with van der Waals surface area (Å²) in [6.45, 7) is 9.17. The van der Waals surface area contributed by atoms with E-state index in [2.05, 4.69) is 155 Å². The van der Waals surface area contributed by atoms with Crippen LogP contribution in [0.4, 0.5) is 0 Å². The Labute approximate surface area is 258 Å². The summed E-state index contributed by atoms with van der Waals surface area (Å²) in [7, 11) is -0.846. The normalized spacial score (nSPS) is 18.7. The number of carbonyl (C=O) groups is 1.